The molecular formula is C20H19N5OS. The third-order valence-corrected chi connectivity index (χ3v) is 4.89. The van der Waals surface area contributed by atoms with E-state index in [0.29, 0.717) is 17.7 Å². The van der Waals surface area contributed by atoms with E-state index in [1.807, 2.05) is 29.7 Å². The number of hydrogen-bond donors (Lipinski definition) is 1. The molecular weight excluding hydrogens is 358 g/mol. The van der Waals surface area contributed by atoms with Gasteiger partial charge in [-0.15, -0.1) is 10.2 Å². The van der Waals surface area contributed by atoms with Gasteiger partial charge in [0, 0.05) is 18.7 Å². The third-order valence-electron chi connectivity index (χ3n) is 3.92. The molecule has 1 aromatic heterocycles. The molecule has 136 valence electrons. The average Bonchev–Trinajstić information content (AvgIpc) is 3.08. The lowest BCUT2D eigenvalue weighted by Crippen LogP contribution is -2.14. The van der Waals surface area contributed by atoms with Crippen molar-refractivity contribution in [2.24, 2.45) is 0 Å². The van der Waals surface area contributed by atoms with Crippen LogP contribution in [0.3, 0.4) is 0 Å². The zero-order valence-electron chi connectivity index (χ0n) is 14.9. The zero-order chi connectivity index (χ0) is 19.1. The van der Waals surface area contributed by atoms with E-state index in [1.165, 1.54) is 17.3 Å². The van der Waals surface area contributed by atoms with E-state index in [0.717, 1.165) is 17.5 Å². The maximum absolute atomic E-state index is 12.2. The number of aromatic nitrogens is 3. The number of anilines is 1. The highest BCUT2D eigenvalue weighted by molar-refractivity contribution is 7.99. The van der Waals surface area contributed by atoms with E-state index >= 15 is 0 Å². The first-order valence-electron chi connectivity index (χ1n) is 8.58. The molecule has 0 aliphatic carbocycles. The monoisotopic (exact) mass is 377 g/mol. The minimum Gasteiger partial charge on any atom is -0.325 e. The van der Waals surface area contributed by atoms with Crippen LogP contribution in [0.4, 0.5) is 5.69 Å². The molecule has 0 saturated heterocycles. The fourth-order valence-electron chi connectivity index (χ4n) is 2.65. The first-order valence-corrected chi connectivity index (χ1v) is 9.57. The molecule has 0 unspecified atom stereocenters. The molecule has 1 N–H and O–H groups in total. The Kier molecular flexibility index (Phi) is 6.23. The van der Waals surface area contributed by atoms with Crippen LogP contribution in [0.2, 0.25) is 0 Å². The number of nitriles is 1. The first-order chi connectivity index (χ1) is 13.2. The SMILES string of the molecule is CCn1c(Cc2ccccc2)nnc1SCC(=O)Nc1cccc(C#N)c1. The summed E-state index contributed by atoms with van der Waals surface area (Å²) in [6.45, 7) is 2.78. The van der Waals surface area contributed by atoms with Gasteiger partial charge in [0.1, 0.15) is 5.82 Å². The Labute approximate surface area is 162 Å². The number of carbonyl (C=O) groups is 1. The molecule has 7 heteroatoms. The summed E-state index contributed by atoms with van der Waals surface area (Å²) in [7, 11) is 0. The Bertz CT molecular complexity index is 962. The van der Waals surface area contributed by atoms with Crippen LogP contribution >= 0.6 is 11.8 Å². The predicted octanol–water partition coefficient (Wildman–Crippen LogP) is 3.49. The van der Waals surface area contributed by atoms with Crippen LogP contribution in [-0.4, -0.2) is 26.4 Å². The van der Waals surface area contributed by atoms with Gasteiger partial charge in [0.25, 0.3) is 0 Å². The molecule has 1 amide bonds. The van der Waals surface area contributed by atoms with Crippen molar-refractivity contribution in [3.05, 3.63) is 71.5 Å². The standard InChI is InChI=1S/C20H19N5OS/c1-2-25-18(12-15-7-4-3-5-8-15)23-24-20(25)27-14-19(26)22-17-10-6-9-16(11-17)13-21/h3-11H,2,12,14H2,1H3,(H,22,26). The van der Waals surface area contributed by atoms with Crippen molar-refractivity contribution >= 4 is 23.4 Å². The minimum absolute atomic E-state index is 0.148. The lowest BCUT2D eigenvalue weighted by molar-refractivity contribution is -0.113. The van der Waals surface area contributed by atoms with E-state index < -0.39 is 0 Å². The Morgan fingerprint density at radius 2 is 2.00 bits per heavy atom. The van der Waals surface area contributed by atoms with E-state index in [2.05, 4.69) is 33.7 Å². The largest absolute Gasteiger partial charge is 0.325 e. The molecule has 1 heterocycles. The van der Waals surface area contributed by atoms with Crippen molar-refractivity contribution in [1.82, 2.24) is 14.8 Å². The number of hydrogen-bond acceptors (Lipinski definition) is 5. The maximum atomic E-state index is 12.2. The molecule has 0 aliphatic heterocycles. The number of thioether (sulfide) groups is 1. The lowest BCUT2D eigenvalue weighted by Gasteiger charge is -2.08. The molecule has 2 aromatic carbocycles. The quantitative estimate of drug-likeness (QED) is 0.637. The average molecular weight is 377 g/mol. The van der Waals surface area contributed by atoms with Gasteiger partial charge in [-0.2, -0.15) is 5.26 Å². The van der Waals surface area contributed by atoms with Crippen molar-refractivity contribution in [3.8, 4) is 6.07 Å². The molecule has 27 heavy (non-hydrogen) atoms. The van der Waals surface area contributed by atoms with Crippen LogP contribution in [0.1, 0.15) is 23.9 Å². The third kappa shape index (κ3) is 4.96. The zero-order valence-corrected chi connectivity index (χ0v) is 15.7. The number of nitrogens with zero attached hydrogens (tertiary/aromatic N) is 4. The van der Waals surface area contributed by atoms with Crippen LogP contribution in [0, 0.1) is 11.3 Å². The van der Waals surface area contributed by atoms with Gasteiger partial charge in [0.2, 0.25) is 5.91 Å². The topological polar surface area (TPSA) is 83.6 Å². The number of benzene rings is 2. The second-order valence-electron chi connectivity index (χ2n) is 5.83. The van der Waals surface area contributed by atoms with Crippen LogP contribution in [-0.2, 0) is 17.8 Å². The summed E-state index contributed by atoms with van der Waals surface area (Å²) in [5.74, 6) is 0.957. The number of nitrogens with one attached hydrogen (secondary N) is 1. The first kappa shape index (κ1) is 18.7. The van der Waals surface area contributed by atoms with E-state index in [9.17, 15) is 4.79 Å². The van der Waals surface area contributed by atoms with Gasteiger partial charge in [-0.1, -0.05) is 48.2 Å². The van der Waals surface area contributed by atoms with Crippen molar-refractivity contribution < 1.29 is 4.79 Å². The minimum atomic E-state index is -0.148. The molecule has 0 bridgehead atoms. The number of rotatable bonds is 7. The van der Waals surface area contributed by atoms with Crippen molar-refractivity contribution in [2.75, 3.05) is 11.1 Å². The summed E-state index contributed by atoms with van der Waals surface area (Å²) in [5.41, 5.74) is 2.30. The van der Waals surface area contributed by atoms with Gasteiger partial charge in [0.05, 0.1) is 17.4 Å². The second-order valence-corrected chi connectivity index (χ2v) is 6.78. The fraction of sp³-hybridized carbons (Fsp3) is 0.200. The van der Waals surface area contributed by atoms with Gasteiger partial charge in [-0.3, -0.25) is 4.79 Å². The number of carbonyl (C=O) groups excluding carboxylic acids is 1. The summed E-state index contributed by atoms with van der Waals surface area (Å²) < 4.78 is 2.03. The highest BCUT2D eigenvalue weighted by Gasteiger charge is 2.13. The van der Waals surface area contributed by atoms with Crippen molar-refractivity contribution in [2.45, 2.75) is 25.0 Å². The Morgan fingerprint density at radius 3 is 2.74 bits per heavy atom. The summed E-state index contributed by atoms with van der Waals surface area (Å²) in [6.07, 6.45) is 0.704. The molecule has 0 aliphatic rings. The molecule has 0 atom stereocenters. The molecule has 0 spiro atoms. The van der Waals surface area contributed by atoms with Crippen molar-refractivity contribution in [3.63, 3.8) is 0 Å². The molecule has 0 fully saturated rings. The van der Waals surface area contributed by atoms with Gasteiger partial charge in [-0.25, -0.2) is 0 Å². The van der Waals surface area contributed by atoms with Crippen LogP contribution in [0.15, 0.2) is 59.8 Å². The molecule has 0 radical (unpaired) electrons. The van der Waals surface area contributed by atoms with Gasteiger partial charge in [-0.05, 0) is 30.7 Å². The van der Waals surface area contributed by atoms with Crippen LogP contribution in [0.25, 0.3) is 0 Å². The predicted molar refractivity (Wildman–Crippen MR) is 105 cm³/mol. The van der Waals surface area contributed by atoms with Gasteiger partial charge >= 0.3 is 0 Å². The Hall–Kier alpha value is -3.11. The van der Waals surface area contributed by atoms with E-state index in [4.69, 9.17) is 5.26 Å². The smallest absolute Gasteiger partial charge is 0.234 e. The highest BCUT2D eigenvalue weighted by Crippen LogP contribution is 2.19. The van der Waals surface area contributed by atoms with Crippen molar-refractivity contribution in [1.29, 1.82) is 5.26 Å². The summed E-state index contributed by atoms with van der Waals surface area (Å²) in [6, 6.07) is 19.0. The molecule has 6 nitrogen and oxygen atoms in total. The summed E-state index contributed by atoms with van der Waals surface area (Å²) in [5, 5.41) is 21.0. The Morgan fingerprint density at radius 1 is 1.19 bits per heavy atom. The summed E-state index contributed by atoms with van der Waals surface area (Å²) in [4.78, 5) is 12.2. The van der Waals surface area contributed by atoms with E-state index in [1.54, 1.807) is 24.3 Å². The summed E-state index contributed by atoms with van der Waals surface area (Å²) >= 11 is 1.35. The molecule has 3 rings (SSSR count). The maximum Gasteiger partial charge on any atom is 0.234 e. The van der Waals surface area contributed by atoms with Crippen LogP contribution < -0.4 is 5.32 Å². The fourth-order valence-corrected chi connectivity index (χ4v) is 3.47. The number of amides is 1. The Balaban J connectivity index is 1.62. The van der Waals surface area contributed by atoms with Gasteiger partial charge in [0.15, 0.2) is 5.16 Å². The normalized spacial score (nSPS) is 10.4. The second kappa shape index (κ2) is 9.01. The van der Waals surface area contributed by atoms with E-state index in [-0.39, 0.29) is 11.7 Å². The van der Waals surface area contributed by atoms with Crippen LogP contribution in [0.5, 0.6) is 0 Å². The highest BCUT2D eigenvalue weighted by atomic mass is 32.2. The van der Waals surface area contributed by atoms with Gasteiger partial charge < -0.3 is 9.88 Å². The molecule has 0 saturated carbocycles. The molecule has 3 aromatic rings. The lowest BCUT2D eigenvalue weighted by atomic mass is 10.1.